The first-order valence-electron chi connectivity index (χ1n) is 6.20. The Morgan fingerprint density at radius 2 is 2.33 bits per heavy atom. The van der Waals surface area contributed by atoms with E-state index in [0.29, 0.717) is 5.92 Å². The number of rotatable bonds is 2. The van der Waals surface area contributed by atoms with E-state index < -0.39 is 0 Å². The van der Waals surface area contributed by atoms with Crippen molar-refractivity contribution in [2.45, 2.75) is 19.3 Å². The molecule has 0 aromatic heterocycles. The molecule has 0 saturated heterocycles. The number of hydrogen-bond acceptors (Lipinski definition) is 4. The number of allylic oxidation sites excluding steroid dienone is 1. The normalized spacial score (nSPS) is 21.9. The fraction of sp³-hybridized carbons (Fsp3) is 0.357. The SMILES string of the molecule is COc1cccc(C2CC=C3NN=C(C)N3C2)c1. The van der Waals surface area contributed by atoms with Crippen LogP contribution in [0.25, 0.3) is 0 Å². The lowest BCUT2D eigenvalue weighted by Gasteiger charge is -2.29. The highest BCUT2D eigenvalue weighted by atomic mass is 16.5. The van der Waals surface area contributed by atoms with Crippen LogP contribution < -0.4 is 10.2 Å². The van der Waals surface area contributed by atoms with Crippen molar-refractivity contribution in [1.29, 1.82) is 0 Å². The minimum Gasteiger partial charge on any atom is -0.497 e. The van der Waals surface area contributed by atoms with Crippen LogP contribution in [0.2, 0.25) is 0 Å². The number of hydrazone groups is 1. The third kappa shape index (κ3) is 1.83. The van der Waals surface area contributed by atoms with Crippen LogP contribution in [-0.2, 0) is 0 Å². The first-order chi connectivity index (χ1) is 8.78. The molecule has 0 amide bonds. The molecule has 1 aromatic rings. The molecule has 0 fully saturated rings. The molecular weight excluding hydrogens is 226 g/mol. The topological polar surface area (TPSA) is 36.9 Å². The zero-order chi connectivity index (χ0) is 12.5. The highest BCUT2D eigenvalue weighted by Gasteiger charge is 2.27. The Labute approximate surface area is 107 Å². The third-order valence-corrected chi connectivity index (χ3v) is 3.58. The molecule has 2 aliphatic heterocycles. The molecule has 4 heteroatoms. The number of nitrogens with one attached hydrogen (secondary N) is 1. The Morgan fingerprint density at radius 1 is 1.44 bits per heavy atom. The summed E-state index contributed by atoms with van der Waals surface area (Å²) >= 11 is 0. The molecule has 1 N–H and O–H groups in total. The molecule has 1 aromatic carbocycles. The average molecular weight is 243 g/mol. The summed E-state index contributed by atoms with van der Waals surface area (Å²) in [6, 6.07) is 8.33. The smallest absolute Gasteiger partial charge is 0.127 e. The van der Waals surface area contributed by atoms with Crippen LogP contribution in [-0.4, -0.2) is 24.4 Å². The number of hydrogen-bond donors (Lipinski definition) is 1. The summed E-state index contributed by atoms with van der Waals surface area (Å²) in [5.74, 6) is 3.57. The summed E-state index contributed by atoms with van der Waals surface area (Å²) in [5.41, 5.74) is 4.38. The first kappa shape index (κ1) is 11.1. The Hall–Kier alpha value is -1.97. The van der Waals surface area contributed by atoms with Gasteiger partial charge < -0.3 is 9.64 Å². The van der Waals surface area contributed by atoms with E-state index >= 15 is 0 Å². The first-order valence-corrected chi connectivity index (χ1v) is 6.20. The number of benzene rings is 1. The fourth-order valence-corrected chi connectivity index (χ4v) is 2.51. The van der Waals surface area contributed by atoms with E-state index in [2.05, 4.69) is 39.7 Å². The number of amidine groups is 1. The van der Waals surface area contributed by atoms with E-state index in [9.17, 15) is 0 Å². The van der Waals surface area contributed by atoms with Gasteiger partial charge in [0.05, 0.1) is 7.11 Å². The van der Waals surface area contributed by atoms with Gasteiger partial charge in [0.1, 0.15) is 17.4 Å². The van der Waals surface area contributed by atoms with Gasteiger partial charge in [-0.1, -0.05) is 12.1 Å². The van der Waals surface area contributed by atoms with Gasteiger partial charge in [0.15, 0.2) is 0 Å². The lowest BCUT2D eigenvalue weighted by Crippen LogP contribution is -2.33. The second-order valence-corrected chi connectivity index (χ2v) is 4.68. The van der Waals surface area contributed by atoms with Crippen molar-refractivity contribution in [2.75, 3.05) is 13.7 Å². The monoisotopic (exact) mass is 243 g/mol. The van der Waals surface area contributed by atoms with Crippen LogP contribution in [0, 0.1) is 0 Å². The predicted molar refractivity (Wildman–Crippen MR) is 71.4 cm³/mol. The van der Waals surface area contributed by atoms with E-state index in [1.807, 2.05) is 13.0 Å². The van der Waals surface area contributed by atoms with Crippen LogP contribution in [0.15, 0.2) is 41.3 Å². The van der Waals surface area contributed by atoms with E-state index in [-0.39, 0.29) is 0 Å². The Morgan fingerprint density at radius 3 is 3.17 bits per heavy atom. The summed E-state index contributed by atoms with van der Waals surface area (Å²) in [6.45, 7) is 3.00. The maximum Gasteiger partial charge on any atom is 0.127 e. The zero-order valence-corrected chi connectivity index (χ0v) is 10.7. The predicted octanol–water partition coefficient (Wildman–Crippen LogP) is 2.26. The van der Waals surface area contributed by atoms with Gasteiger partial charge in [-0.05, 0) is 37.1 Å². The molecular formula is C14H17N3O. The van der Waals surface area contributed by atoms with Crippen molar-refractivity contribution in [3.63, 3.8) is 0 Å². The van der Waals surface area contributed by atoms with Crippen LogP contribution in [0.4, 0.5) is 0 Å². The molecule has 1 unspecified atom stereocenters. The number of methoxy groups -OCH3 is 1. The summed E-state index contributed by atoms with van der Waals surface area (Å²) < 4.78 is 5.29. The molecule has 0 radical (unpaired) electrons. The lowest BCUT2D eigenvalue weighted by molar-refractivity contribution is 0.407. The Kier molecular flexibility index (Phi) is 2.70. The van der Waals surface area contributed by atoms with Gasteiger partial charge in [-0.2, -0.15) is 5.10 Å². The van der Waals surface area contributed by atoms with E-state index in [0.717, 1.165) is 30.4 Å². The molecule has 0 aliphatic carbocycles. The molecule has 1 atom stereocenters. The van der Waals surface area contributed by atoms with Crippen LogP contribution in [0.5, 0.6) is 5.75 Å². The van der Waals surface area contributed by atoms with E-state index in [1.54, 1.807) is 7.11 Å². The zero-order valence-electron chi connectivity index (χ0n) is 10.7. The quantitative estimate of drug-likeness (QED) is 0.865. The van der Waals surface area contributed by atoms with Gasteiger partial charge in [0.25, 0.3) is 0 Å². The minimum absolute atomic E-state index is 0.494. The highest BCUT2D eigenvalue weighted by molar-refractivity contribution is 5.83. The second kappa shape index (κ2) is 4.37. The van der Waals surface area contributed by atoms with Crippen molar-refractivity contribution in [3.05, 3.63) is 41.7 Å². The molecule has 4 nitrogen and oxygen atoms in total. The molecule has 0 bridgehead atoms. The number of fused-ring (bicyclic) bond motifs is 1. The van der Waals surface area contributed by atoms with Crippen LogP contribution >= 0.6 is 0 Å². The van der Waals surface area contributed by atoms with Gasteiger partial charge in [-0.3, -0.25) is 5.43 Å². The molecule has 2 heterocycles. The van der Waals surface area contributed by atoms with Crippen molar-refractivity contribution in [2.24, 2.45) is 5.10 Å². The Bertz CT molecular complexity index is 522. The Balaban J connectivity index is 1.84. The van der Waals surface area contributed by atoms with Crippen molar-refractivity contribution in [1.82, 2.24) is 10.3 Å². The summed E-state index contributed by atoms with van der Waals surface area (Å²) in [4.78, 5) is 2.23. The molecule has 3 rings (SSSR count). The van der Waals surface area contributed by atoms with Gasteiger partial charge in [-0.25, -0.2) is 0 Å². The maximum atomic E-state index is 5.29. The molecule has 18 heavy (non-hydrogen) atoms. The largest absolute Gasteiger partial charge is 0.497 e. The number of ether oxygens (including phenoxy) is 1. The van der Waals surface area contributed by atoms with Crippen molar-refractivity contribution >= 4 is 5.84 Å². The molecule has 2 aliphatic rings. The highest BCUT2D eigenvalue weighted by Crippen LogP contribution is 2.30. The van der Waals surface area contributed by atoms with E-state index in [4.69, 9.17) is 4.74 Å². The van der Waals surface area contributed by atoms with Gasteiger partial charge in [-0.15, -0.1) is 0 Å². The average Bonchev–Trinajstić information content (AvgIpc) is 2.80. The lowest BCUT2D eigenvalue weighted by atomic mass is 9.92. The molecule has 94 valence electrons. The van der Waals surface area contributed by atoms with Crippen molar-refractivity contribution < 1.29 is 4.74 Å². The van der Waals surface area contributed by atoms with E-state index in [1.165, 1.54) is 5.56 Å². The van der Waals surface area contributed by atoms with Gasteiger partial charge >= 0.3 is 0 Å². The summed E-state index contributed by atoms with van der Waals surface area (Å²) in [5, 5.41) is 4.24. The summed E-state index contributed by atoms with van der Waals surface area (Å²) in [6.07, 6.45) is 3.25. The minimum atomic E-state index is 0.494. The molecule has 0 saturated carbocycles. The van der Waals surface area contributed by atoms with Crippen LogP contribution in [0.3, 0.4) is 0 Å². The summed E-state index contributed by atoms with van der Waals surface area (Å²) in [7, 11) is 1.71. The van der Waals surface area contributed by atoms with Crippen molar-refractivity contribution in [3.8, 4) is 5.75 Å². The third-order valence-electron chi connectivity index (χ3n) is 3.58. The fourth-order valence-electron chi connectivity index (χ4n) is 2.51. The molecule has 0 spiro atoms. The standard InChI is InChI=1S/C14H17N3O/c1-10-15-16-14-7-6-12(9-17(10)14)11-4-3-5-13(8-11)18-2/h3-5,7-8,12,16H,6,9H2,1-2H3. The van der Waals surface area contributed by atoms with Crippen LogP contribution in [0.1, 0.15) is 24.8 Å². The van der Waals surface area contributed by atoms with Gasteiger partial charge in [0, 0.05) is 12.5 Å². The van der Waals surface area contributed by atoms with Gasteiger partial charge in [0.2, 0.25) is 0 Å². The second-order valence-electron chi connectivity index (χ2n) is 4.68. The number of nitrogens with zero attached hydrogens (tertiary/aromatic N) is 2. The maximum absolute atomic E-state index is 5.29.